The molecule has 0 atom stereocenters. The lowest BCUT2D eigenvalue weighted by Gasteiger charge is -2.08. The summed E-state index contributed by atoms with van der Waals surface area (Å²) in [5, 5.41) is 0.259. The van der Waals surface area contributed by atoms with Crippen molar-refractivity contribution >= 4 is 11.6 Å². The van der Waals surface area contributed by atoms with E-state index in [4.69, 9.17) is 11.6 Å². The van der Waals surface area contributed by atoms with Crippen molar-refractivity contribution in [1.29, 1.82) is 0 Å². The van der Waals surface area contributed by atoms with Crippen LogP contribution >= 0.6 is 11.6 Å². The molecule has 0 aliphatic rings. The van der Waals surface area contributed by atoms with E-state index >= 15 is 0 Å². The summed E-state index contributed by atoms with van der Waals surface area (Å²) in [7, 11) is 0. The Morgan fingerprint density at radius 2 is 2.33 bits per heavy atom. The Hall–Kier alpha value is -1.27. The van der Waals surface area contributed by atoms with Gasteiger partial charge in [-0.15, -0.1) is 11.8 Å². The molecule has 0 spiro atoms. The maximum Gasteiger partial charge on any atom is 0.255 e. The van der Waals surface area contributed by atoms with Crippen LogP contribution in [0.1, 0.15) is 26.1 Å². The topological polar surface area (TPSA) is 34.9 Å². The van der Waals surface area contributed by atoms with Crippen LogP contribution in [0.5, 0.6) is 0 Å². The molecule has 0 radical (unpaired) electrons. The molecule has 0 bridgehead atoms. The number of halogens is 1. The van der Waals surface area contributed by atoms with Crippen molar-refractivity contribution < 1.29 is 0 Å². The number of aryl methyl sites for hydroxylation is 1. The monoisotopic (exact) mass is 224 g/mol. The van der Waals surface area contributed by atoms with Gasteiger partial charge in [0.1, 0.15) is 11.0 Å². The molecular formula is C11H13ClN2O. The van der Waals surface area contributed by atoms with Gasteiger partial charge in [0.2, 0.25) is 0 Å². The molecule has 15 heavy (non-hydrogen) atoms. The van der Waals surface area contributed by atoms with Crippen LogP contribution < -0.4 is 5.56 Å². The van der Waals surface area contributed by atoms with E-state index in [0.717, 1.165) is 0 Å². The summed E-state index contributed by atoms with van der Waals surface area (Å²) in [6.07, 6.45) is 1.35. The second-order valence-electron chi connectivity index (χ2n) is 3.02. The molecule has 0 saturated carbocycles. The predicted molar refractivity (Wildman–Crippen MR) is 61.0 cm³/mol. The van der Waals surface area contributed by atoms with Gasteiger partial charge in [-0.3, -0.25) is 9.36 Å². The number of rotatable bonds is 3. The summed E-state index contributed by atoms with van der Waals surface area (Å²) in [5.41, 5.74) is -0.107. The molecule has 1 heterocycles. The fourth-order valence-electron chi connectivity index (χ4n) is 1.32. The Morgan fingerprint density at radius 1 is 1.60 bits per heavy atom. The maximum absolute atomic E-state index is 11.6. The smallest absolute Gasteiger partial charge is 0.255 e. The highest BCUT2D eigenvalue weighted by molar-refractivity contribution is 6.29. The first-order valence-corrected chi connectivity index (χ1v) is 5.22. The average Bonchev–Trinajstić information content (AvgIpc) is 2.20. The third kappa shape index (κ3) is 3.10. The SMILES string of the molecule is CC#CCCn1c(CC)nc(Cl)cc1=O. The van der Waals surface area contributed by atoms with Crippen molar-refractivity contribution in [1.82, 2.24) is 9.55 Å². The lowest BCUT2D eigenvalue weighted by atomic mass is 10.3. The van der Waals surface area contributed by atoms with Gasteiger partial charge in [0, 0.05) is 25.5 Å². The standard InChI is InChI=1S/C11H13ClN2O/c1-3-5-6-7-14-10(4-2)13-9(12)8-11(14)15/h8H,4,6-7H2,1-2H3. The zero-order chi connectivity index (χ0) is 11.3. The highest BCUT2D eigenvalue weighted by Gasteiger charge is 2.04. The van der Waals surface area contributed by atoms with Gasteiger partial charge in [-0.05, 0) is 6.92 Å². The first-order chi connectivity index (χ1) is 7.19. The third-order valence-electron chi connectivity index (χ3n) is 2.01. The van der Waals surface area contributed by atoms with Crippen LogP contribution in [-0.4, -0.2) is 9.55 Å². The molecule has 1 aromatic heterocycles. The van der Waals surface area contributed by atoms with E-state index in [9.17, 15) is 4.79 Å². The number of aromatic nitrogens is 2. The van der Waals surface area contributed by atoms with Crippen molar-refractivity contribution in [3.63, 3.8) is 0 Å². The van der Waals surface area contributed by atoms with Crippen LogP contribution in [0.2, 0.25) is 5.15 Å². The molecule has 0 N–H and O–H groups in total. The van der Waals surface area contributed by atoms with E-state index in [1.165, 1.54) is 6.07 Å². The Morgan fingerprint density at radius 3 is 2.93 bits per heavy atom. The molecule has 1 aromatic rings. The molecular weight excluding hydrogens is 212 g/mol. The van der Waals surface area contributed by atoms with Crippen molar-refractivity contribution in [3.8, 4) is 11.8 Å². The summed E-state index contributed by atoms with van der Waals surface area (Å²) in [6, 6.07) is 1.33. The van der Waals surface area contributed by atoms with E-state index in [1.807, 2.05) is 6.92 Å². The molecule has 1 rings (SSSR count). The van der Waals surface area contributed by atoms with Gasteiger partial charge in [0.15, 0.2) is 0 Å². The Labute approximate surface area is 94.1 Å². The van der Waals surface area contributed by atoms with Crippen molar-refractivity contribution in [3.05, 3.63) is 27.4 Å². The Bertz CT molecular complexity index is 454. The zero-order valence-electron chi connectivity index (χ0n) is 8.88. The molecule has 3 nitrogen and oxygen atoms in total. The maximum atomic E-state index is 11.6. The average molecular weight is 225 g/mol. The van der Waals surface area contributed by atoms with Crippen LogP contribution in [0.25, 0.3) is 0 Å². The summed E-state index contributed by atoms with van der Waals surface area (Å²) >= 11 is 5.71. The fourth-order valence-corrected chi connectivity index (χ4v) is 1.52. The quantitative estimate of drug-likeness (QED) is 0.581. The Balaban J connectivity index is 3.02. The van der Waals surface area contributed by atoms with Gasteiger partial charge in [0.25, 0.3) is 5.56 Å². The first-order valence-electron chi connectivity index (χ1n) is 4.85. The molecule has 0 amide bonds. The van der Waals surface area contributed by atoms with Gasteiger partial charge >= 0.3 is 0 Å². The van der Waals surface area contributed by atoms with Gasteiger partial charge in [-0.2, -0.15) is 0 Å². The molecule has 4 heteroatoms. The number of nitrogens with zero attached hydrogens (tertiary/aromatic N) is 2. The van der Waals surface area contributed by atoms with Crippen LogP contribution in [0.3, 0.4) is 0 Å². The molecule has 0 fully saturated rings. The van der Waals surface area contributed by atoms with Crippen molar-refractivity contribution in [2.45, 2.75) is 33.2 Å². The summed E-state index contributed by atoms with van der Waals surface area (Å²) < 4.78 is 1.62. The molecule has 0 saturated heterocycles. The minimum atomic E-state index is -0.107. The molecule has 80 valence electrons. The van der Waals surface area contributed by atoms with Crippen LogP contribution in [0, 0.1) is 11.8 Å². The lowest BCUT2D eigenvalue weighted by Crippen LogP contribution is -2.24. The normalized spacial score (nSPS) is 9.53. The van der Waals surface area contributed by atoms with E-state index in [0.29, 0.717) is 25.2 Å². The third-order valence-corrected chi connectivity index (χ3v) is 2.20. The Kier molecular flexibility index (Phi) is 4.38. The molecule has 0 unspecified atom stereocenters. The predicted octanol–water partition coefficient (Wildman–Crippen LogP) is 1.87. The van der Waals surface area contributed by atoms with E-state index in [2.05, 4.69) is 16.8 Å². The van der Waals surface area contributed by atoms with E-state index < -0.39 is 0 Å². The zero-order valence-corrected chi connectivity index (χ0v) is 9.64. The van der Waals surface area contributed by atoms with Gasteiger partial charge < -0.3 is 0 Å². The van der Waals surface area contributed by atoms with Crippen LogP contribution in [0.15, 0.2) is 10.9 Å². The lowest BCUT2D eigenvalue weighted by molar-refractivity contribution is 0.626. The van der Waals surface area contributed by atoms with Gasteiger partial charge in [-0.1, -0.05) is 18.5 Å². The summed E-state index contributed by atoms with van der Waals surface area (Å²) in [6.45, 7) is 4.30. The van der Waals surface area contributed by atoms with E-state index in [-0.39, 0.29) is 10.7 Å². The second-order valence-corrected chi connectivity index (χ2v) is 3.40. The summed E-state index contributed by atoms with van der Waals surface area (Å²) in [4.78, 5) is 15.7. The first kappa shape index (κ1) is 11.8. The van der Waals surface area contributed by atoms with Gasteiger partial charge in [0.05, 0.1) is 0 Å². The minimum absolute atomic E-state index is 0.107. The highest BCUT2D eigenvalue weighted by Crippen LogP contribution is 2.03. The highest BCUT2D eigenvalue weighted by atomic mass is 35.5. The van der Waals surface area contributed by atoms with Gasteiger partial charge in [-0.25, -0.2) is 4.98 Å². The van der Waals surface area contributed by atoms with Crippen molar-refractivity contribution in [2.24, 2.45) is 0 Å². The number of hydrogen-bond donors (Lipinski definition) is 0. The molecule has 0 aliphatic heterocycles. The van der Waals surface area contributed by atoms with Crippen molar-refractivity contribution in [2.75, 3.05) is 0 Å². The second kappa shape index (κ2) is 5.57. The summed E-state index contributed by atoms with van der Waals surface area (Å²) in [5.74, 6) is 6.43. The largest absolute Gasteiger partial charge is 0.296 e. The molecule has 0 aliphatic carbocycles. The van der Waals surface area contributed by atoms with E-state index in [1.54, 1.807) is 11.5 Å². The fraction of sp³-hybridized carbons (Fsp3) is 0.455. The van der Waals surface area contributed by atoms with Crippen LogP contribution in [0.4, 0.5) is 0 Å². The molecule has 0 aromatic carbocycles. The van der Waals surface area contributed by atoms with Crippen LogP contribution in [-0.2, 0) is 13.0 Å². The minimum Gasteiger partial charge on any atom is -0.296 e. The number of hydrogen-bond acceptors (Lipinski definition) is 2.